The Hall–Kier alpha value is -4.27. The molecule has 198 valence electrons. The molecule has 0 radical (unpaired) electrons. The summed E-state index contributed by atoms with van der Waals surface area (Å²) >= 11 is 0. The highest BCUT2D eigenvalue weighted by Gasteiger charge is 2.46. The molecule has 1 aliphatic rings. The lowest BCUT2D eigenvalue weighted by Crippen LogP contribution is -2.46. The van der Waals surface area contributed by atoms with Crippen LogP contribution < -0.4 is 10.6 Å². The van der Waals surface area contributed by atoms with Gasteiger partial charge in [0.1, 0.15) is 11.6 Å². The van der Waals surface area contributed by atoms with E-state index in [0.717, 1.165) is 6.42 Å². The quantitative estimate of drug-likeness (QED) is 0.393. The first-order chi connectivity index (χ1) is 18.2. The zero-order chi connectivity index (χ0) is 27.2. The van der Waals surface area contributed by atoms with Crippen LogP contribution >= 0.6 is 0 Å². The Morgan fingerprint density at radius 2 is 1.66 bits per heavy atom. The molecule has 1 heterocycles. The van der Waals surface area contributed by atoms with Gasteiger partial charge < -0.3 is 15.4 Å². The van der Waals surface area contributed by atoms with E-state index in [1.165, 1.54) is 35.2 Å². The normalized spacial score (nSPS) is 16.9. The first-order valence-corrected chi connectivity index (χ1v) is 12.4. The van der Waals surface area contributed by atoms with E-state index in [0.29, 0.717) is 29.3 Å². The van der Waals surface area contributed by atoms with Crippen LogP contribution in [0.1, 0.15) is 47.9 Å². The molecule has 4 rings (SSSR count). The van der Waals surface area contributed by atoms with Crippen molar-refractivity contribution >= 4 is 23.6 Å². The number of carbonyl (C=O) groups is 3. The second-order valence-electron chi connectivity index (χ2n) is 9.53. The van der Waals surface area contributed by atoms with Gasteiger partial charge in [0.25, 0.3) is 5.91 Å². The summed E-state index contributed by atoms with van der Waals surface area (Å²) < 4.78 is 33.0. The highest BCUT2D eigenvalue weighted by atomic mass is 19.1. The molecule has 0 spiro atoms. The molecule has 1 saturated heterocycles. The summed E-state index contributed by atoms with van der Waals surface area (Å²) in [7, 11) is 0. The third kappa shape index (κ3) is 6.34. The predicted molar refractivity (Wildman–Crippen MR) is 138 cm³/mol. The Balaban J connectivity index is 1.54. The standard InChI is InChI=1S/C29H29F2N3O4/c1-18(2)15-16-32-28(36)25-26(38-29(37)34(25)17-19-7-11-21(30)12-8-19)20-9-13-22(14-10-20)33-27(35)23-5-3-4-6-24(23)31/h3-14,18,25-26H,15-17H2,1-2H3,(H,32,36)(H,33,35)/t25-,26+/m1/s1. The van der Waals surface area contributed by atoms with Crippen molar-refractivity contribution < 1.29 is 27.9 Å². The van der Waals surface area contributed by atoms with Crippen LogP contribution in [0.25, 0.3) is 0 Å². The third-order valence-electron chi connectivity index (χ3n) is 6.26. The SMILES string of the molecule is CC(C)CCNC(=O)[C@H]1[C@H](c2ccc(NC(=O)c3ccccc3F)cc2)OC(=O)N1Cc1ccc(F)cc1. The van der Waals surface area contributed by atoms with Gasteiger partial charge in [-0.05, 0) is 59.9 Å². The molecule has 9 heteroatoms. The molecule has 0 aliphatic carbocycles. The van der Waals surface area contributed by atoms with E-state index in [2.05, 4.69) is 10.6 Å². The first-order valence-electron chi connectivity index (χ1n) is 12.4. The Morgan fingerprint density at radius 3 is 2.32 bits per heavy atom. The van der Waals surface area contributed by atoms with Crippen LogP contribution in [0.4, 0.5) is 19.3 Å². The maximum absolute atomic E-state index is 13.9. The second-order valence-corrected chi connectivity index (χ2v) is 9.53. The smallest absolute Gasteiger partial charge is 0.411 e. The van der Waals surface area contributed by atoms with Crippen LogP contribution in [0.5, 0.6) is 0 Å². The summed E-state index contributed by atoms with van der Waals surface area (Å²) in [5, 5.41) is 5.53. The number of halogens is 2. The number of rotatable bonds is 9. The maximum atomic E-state index is 13.9. The fourth-order valence-electron chi connectivity index (χ4n) is 4.19. The lowest BCUT2D eigenvalue weighted by atomic mass is 10.00. The third-order valence-corrected chi connectivity index (χ3v) is 6.26. The molecule has 2 N–H and O–H groups in total. The number of ether oxygens (including phenoxy) is 1. The lowest BCUT2D eigenvalue weighted by Gasteiger charge is -2.24. The molecule has 3 amide bonds. The molecule has 1 aliphatic heterocycles. The van der Waals surface area contributed by atoms with Gasteiger partial charge in [0, 0.05) is 12.2 Å². The van der Waals surface area contributed by atoms with Gasteiger partial charge in [-0.15, -0.1) is 0 Å². The van der Waals surface area contributed by atoms with E-state index in [9.17, 15) is 23.2 Å². The molecule has 1 fully saturated rings. The van der Waals surface area contributed by atoms with E-state index in [4.69, 9.17) is 4.74 Å². The van der Waals surface area contributed by atoms with Gasteiger partial charge in [-0.1, -0.05) is 50.2 Å². The van der Waals surface area contributed by atoms with Gasteiger partial charge in [-0.25, -0.2) is 13.6 Å². The van der Waals surface area contributed by atoms with Crippen molar-refractivity contribution in [1.29, 1.82) is 0 Å². The summed E-state index contributed by atoms with van der Waals surface area (Å²) in [5.41, 5.74) is 1.52. The maximum Gasteiger partial charge on any atom is 0.411 e. The van der Waals surface area contributed by atoms with Crippen molar-refractivity contribution in [2.24, 2.45) is 5.92 Å². The molecule has 0 bridgehead atoms. The molecule has 7 nitrogen and oxygen atoms in total. The van der Waals surface area contributed by atoms with Crippen LogP contribution in [0.15, 0.2) is 72.8 Å². The number of carbonyl (C=O) groups excluding carboxylic acids is 3. The Kier molecular flexibility index (Phi) is 8.35. The molecule has 2 atom stereocenters. The van der Waals surface area contributed by atoms with Crippen molar-refractivity contribution in [2.45, 2.75) is 39.0 Å². The summed E-state index contributed by atoms with van der Waals surface area (Å²) in [4.78, 5) is 39.9. The Morgan fingerprint density at radius 1 is 0.974 bits per heavy atom. The minimum absolute atomic E-state index is 0.0641. The van der Waals surface area contributed by atoms with Gasteiger partial charge in [0.2, 0.25) is 5.91 Å². The average molecular weight is 522 g/mol. The number of cyclic esters (lactones) is 1. The van der Waals surface area contributed by atoms with Crippen LogP contribution in [0.2, 0.25) is 0 Å². The summed E-state index contributed by atoms with van der Waals surface area (Å²) in [6.07, 6.45) is -0.801. The zero-order valence-corrected chi connectivity index (χ0v) is 21.1. The van der Waals surface area contributed by atoms with Crippen molar-refractivity contribution in [2.75, 3.05) is 11.9 Å². The van der Waals surface area contributed by atoms with E-state index in [-0.39, 0.29) is 18.0 Å². The molecule has 3 aromatic carbocycles. The van der Waals surface area contributed by atoms with Gasteiger partial charge in [0.15, 0.2) is 12.1 Å². The van der Waals surface area contributed by atoms with E-state index in [1.807, 2.05) is 13.8 Å². The topological polar surface area (TPSA) is 87.7 Å². The fraction of sp³-hybridized carbons (Fsp3) is 0.276. The van der Waals surface area contributed by atoms with E-state index in [1.54, 1.807) is 42.5 Å². The monoisotopic (exact) mass is 521 g/mol. The van der Waals surface area contributed by atoms with Crippen molar-refractivity contribution in [3.05, 3.63) is 101 Å². The average Bonchev–Trinajstić information content (AvgIpc) is 3.21. The number of amides is 3. The number of anilines is 1. The van der Waals surface area contributed by atoms with Gasteiger partial charge in [0.05, 0.1) is 12.1 Å². The first kappa shape index (κ1) is 26.8. The molecule has 0 unspecified atom stereocenters. The minimum Gasteiger partial charge on any atom is -0.438 e. The van der Waals surface area contributed by atoms with Crippen molar-refractivity contribution in [3.8, 4) is 0 Å². The molecular formula is C29H29F2N3O4. The second kappa shape index (κ2) is 11.9. The minimum atomic E-state index is -0.960. The fourth-order valence-corrected chi connectivity index (χ4v) is 4.19. The molecule has 38 heavy (non-hydrogen) atoms. The number of benzene rings is 3. The van der Waals surface area contributed by atoms with Crippen LogP contribution in [0.3, 0.4) is 0 Å². The van der Waals surface area contributed by atoms with Crippen LogP contribution in [-0.4, -0.2) is 35.4 Å². The van der Waals surface area contributed by atoms with Crippen LogP contribution in [0, 0.1) is 17.6 Å². The van der Waals surface area contributed by atoms with E-state index < -0.39 is 35.8 Å². The number of nitrogens with zero attached hydrogens (tertiary/aromatic N) is 1. The molecule has 3 aromatic rings. The number of hydrogen-bond donors (Lipinski definition) is 2. The summed E-state index contributed by atoms with van der Waals surface area (Å²) in [6, 6.07) is 16.9. The predicted octanol–water partition coefficient (Wildman–Crippen LogP) is 5.44. The highest BCUT2D eigenvalue weighted by molar-refractivity contribution is 6.04. The summed E-state index contributed by atoms with van der Waals surface area (Å²) in [5.74, 6) is -1.61. The number of nitrogens with one attached hydrogen (secondary N) is 2. The molecule has 0 saturated carbocycles. The zero-order valence-electron chi connectivity index (χ0n) is 21.1. The highest BCUT2D eigenvalue weighted by Crippen LogP contribution is 2.34. The Labute approximate surface area is 219 Å². The van der Waals surface area contributed by atoms with Gasteiger partial charge >= 0.3 is 6.09 Å². The lowest BCUT2D eigenvalue weighted by molar-refractivity contribution is -0.126. The van der Waals surface area contributed by atoms with Crippen molar-refractivity contribution in [3.63, 3.8) is 0 Å². The van der Waals surface area contributed by atoms with E-state index >= 15 is 0 Å². The summed E-state index contributed by atoms with van der Waals surface area (Å²) in [6.45, 7) is 4.60. The van der Waals surface area contributed by atoms with Gasteiger partial charge in [-0.3, -0.25) is 14.5 Å². The molecular weight excluding hydrogens is 492 g/mol. The number of hydrogen-bond acceptors (Lipinski definition) is 4. The molecule has 0 aromatic heterocycles. The largest absolute Gasteiger partial charge is 0.438 e. The van der Waals surface area contributed by atoms with Gasteiger partial charge in [-0.2, -0.15) is 0 Å². The van der Waals surface area contributed by atoms with Crippen molar-refractivity contribution in [1.82, 2.24) is 10.2 Å². The van der Waals surface area contributed by atoms with Crippen LogP contribution in [-0.2, 0) is 16.1 Å². The Bertz CT molecular complexity index is 1300.